The van der Waals surface area contributed by atoms with E-state index < -0.39 is 24.5 Å². The molecule has 2 N–H and O–H groups in total. The second-order valence-electron chi connectivity index (χ2n) is 3.83. The Balaban J connectivity index is 3.22. The van der Waals surface area contributed by atoms with Crippen LogP contribution in [-0.2, 0) is 33.3 Å². The molecule has 9 nitrogen and oxygen atoms in total. The zero-order valence-corrected chi connectivity index (χ0v) is 12.2. The topological polar surface area (TPSA) is 120 Å². The van der Waals surface area contributed by atoms with Gasteiger partial charge in [0.05, 0.1) is 26.4 Å². The first-order chi connectivity index (χ1) is 10.6. The van der Waals surface area contributed by atoms with Gasteiger partial charge in [0.25, 0.3) is 0 Å². The summed E-state index contributed by atoms with van der Waals surface area (Å²) in [5.41, 5.74) is 0. The minimum atomic E-state index is -1.13. The molecule has 0 unspecified atom stereocenters. The number of hydrogen-bond acceptors (Lipinski definition) is 7. The number of aliphatic carboxylic acids is 1. The van der Waals surface area contributed by atoms with Crippen LogP contribution in [0.4, 0.5) is 0 Å². The normalized spacial score (nSPS) is 10.0. The van der Waals surface area contributed by atoms with E-state index in [1.54, 1.807) is 0 Å². The maximum absolute atomic E-state index is 11.2. The third kappa shape index (κ3) is 14.4. The van der Waals surface area contributed by atoms with E-state index in [1.807, 2.05) is 0 Å². The van der Waals surface area contributed by atoms with E-state index in [4.69, 9.17) is 19.3 Å². The van der Waals surface area contributed by atoms with Gasteiger partial charge in [-0.3, -0.25) is 4.79 Å². The fourth-order valence-electron chi connectivity index (χ4n) is 1.13. The lowest BCUT2D eigenvalue weighted by Gasteiger charge is -2.07. The molecule has 0 saturated heterocycles. The fraction of sp³-hybridized carbons (Fsp3) is 0.615. The predicted octanol–water partition coefficient (Wildman–Crippen LogP) is -1.03. The molecule has 0 aliphatic carbocycles. The Morgan fingerprint density at radius 2 is 1.59 bits per heavy atom. The monoisotopic (exact) mass is 319 g/mol. The molecule has 1 amide bonds. The number of amides is 1. The molecule has 0 aromatic carbocycles. The van der Waals surface area contributed by atoms with Gasteiger partial charge < -0.3 is 29.4 Å². The lowest BCUT2D eigenvalue weighted by atomic mass is 10.6. The zero-order chi connectivity index (χ0) is 16.6. The standard InChI is InChI=1S/C13H21NO8/c1-2-13(18)22-8-7-20-6-5-19-4-3-14-11(15)9-21-10-12(16)17/h2H,1,3-10H2,(H,14,15)(H,16,17). The maximum Gasteiger partial charge on any atom is 0.330 e. The van der Waals surface area contributed by atoms with Crippen LogP contribution in [0.1, 0.15) is 0 Å². The molecule has 0 radical (unpaired) electrons. The maximum atomic E-state index is 11.2. The van der Waals surface area contributed by atoms with E-state index in [0.717, 1.165) is 6.08 Å². The van der Waals surface area contributed by atoms with Crippen LogP contribution in [0.5, 0.6) is 0 Å². The van der Waals surface area contributed by atoms with Crippen LogP contribution in [0, 0.1) is 0 Å². The van der Waals surface area contributed by atoms with Crippen molar-refractivity contribution in [2.45, 2.75) is 0 Å². The lowest BCUT2D eigenvalue weighted by Crippen LogP contribution is -2.31. The highest BCUT2D eigenvalue weighted by molar-refractivity contribution is 5.81. The van der Waals surface area contributed by atoms with Gasteiger partial charge in [-0.15, -0.1) is 0 Å². The molecule has 0 aromatic rings. The van der Waals surface area contributed by atoms with E-state index in [0.29, 0.717) is 19.8 Å². The zero-order valence-electron chi connectivity index (χ0n) is 12.2. The number of ether oxygens (including phenoxy) is 4. The van der Waals surface area contributed by atoms with Gasteiger partial charge in [-0.1, -0.05) is 6.58 Å². The summed E-state index contributed by atoms with van der Waals surface area (Å²) in [5.74, 6) is -2.04. The van der Waals surface area contributed by atoms with Gasteiger partial charge in [-0.05, 0) is 0 Å². The highest BCUT2D eigenvalue weighted by Crippen LogP contribution is 1.83. The third-order valence-electron chi connectivity index (χ3n) is 2.04. The summed E-state index contributed by atoms with van der Waals surface area (Å²) in [4.78, 5) is 32.0. The summed E-state index contributed by atoms with van der Waals surface area (Å²) in [7, 11) is 0. The summed E-state index contributed by atoms with van der Waals surface area (Å²) in [6.45, 7) is 4.10. The Kier molecular flexibility index (Phi) is 12.7. The summed E-state index contributed by atoms with van der Waals surface area (Å²) in [5, 5.41) is 10.8. The first-order valence-electron chi connectivity index (χ1n) is 6.57. The van der Waals surface area contributed by atoms with Crippen molar-refractivity contribution in [2.75, 3.05) is 52.8 Å². The number of esters is 1. The molecule has 0 rings (SSSR count). The van der Waals surface area contributed by atoms with E-state index in [2.05, 4.69) is 16.6 Å². The average molecular weight is 319 g/mol. The predicted molar refractivity (Wildman–Crippen MR) is 74.3 cm³/mol. The first-order valence-corrected chi connectivity index (χ1v) is 6.57. The van der Waals surface area contributed by atoms with E-state index in [9.17, 15) is 14.4 Å². The van der Waals surface area contributed by atoms with Crippen LogP contribution < -0.4 is 5.32 Å². The van der Waals surface area contributed by atoms with Crippen molar-refractivity contribution in [3.05, 3.63) is 12.7 Å². The number of hydrogen-bond donors (Lipinski definition) is 2. The van der Waals surface area contributed by atoms with Crippen molar-refractivity contribution < 1.29 is 38.4 Å². The quantitative estimate of drug-likeness (QED) is 0.237. The van der Waals surface area contributed by atoms with Crippen molar-refractivity contribution >= 4 is 17.8 Å². The van der Waals surface area contributed by atoms with Crippen molar-refractivity contribution in [1.29, 1.82) is 0 Å². The average Bonchev–Trinajstić information content (AvgIpc) is 2.48. The Morgan fingerprint density at radius 3 is 2.23 bits per heavy atom. The third-order valence-corrected chi connectivity index (χ3v) is 2.04. The van der Waals surface area contributed by atoms with Crippen molar-refractivity contribution in [3.63, 3.8) is 0 Å². The van der Waals surface area contributed by atoms with Gasteiger partial charge in [0, 0.05) is 12.6 Å². The van der Waals surface area contributed by atoms with E-state index >= 15 is 0 Å². The van der Waals surface area contributed by atoms with Crippen molar-refractivity contribution in [2.24, 2.45) is 0 Å². The number of rotatable bonds is 14. The molecule has 0 atom stereocenters. The minimum Gasteiger partial charge on any atom is -0.480 e. The summed E-state index contributed by atoms with van der Waals surface area (Å²) >= 11 is 0. The Labute approximate surface area is 128 Å². The van der Waals surface area contributed by atoms with Gasteiger partial charge >= 0.3 is 11.9 Å². The highest BCUT2D eigenvalue weighted by atomic mass is 16.6. The number of carboxylic acid groups (broad SMARTS) is 1. The van der Waals surface area contributed by atoms with Gasteiger partial charge in [0.1, 0.15) is 19.8 Å². The Morgan fingerprint density at radius 1 is 0.955 bits per heavy atom. The molecule has 0 fully saturated rings. The lowest BCUT2D eigenvalue weighted by molar-refractivity contribution is -0.144. The summed E-state index contributed by atoms with van der Waals surface area (Å²) < 4.78 is 19.6. The van der Waals surface area contributed by atoms with E-state index in [-0.39, 0.29) is 26.4 Å². The number of carboxylic acids is 1. The largest absolute Gasteiger partial charge is 0.480 e. The van der Waals surface area contributed by atoms with Gasteiger partial charge in [-0.25, -0.2) is 9.59 Å². The Bertz CT molecular complexity index is 358. The molecule has 0 aliphatic rings. The fourth-order valence-corrected chi connectivity index (χ4v) is 1.13. The molecule has 0 bridgehead atoms. The molecule has 0 saturated carbocycles. The van der Waals surface area contributed by atoms with E-state index in [1.165, 1.54) is 0 Å². The van der Waals surface area contributed by atoms with Crippen LogP contribution in [0.15, 0.2) is 12.7 Å². The van der Waals surface area contributed by atoms with Gasteiger partial charge in [-0.2, -0.15) is 0 Å². The van der Waals surface area contributed by atoms with Crippen LogP contribution >= 0.6 is 0 Å². The molecule has 0 heterocycles. The molecular formula is C13H21NO8. The first kappa shape index (κ1) is 20.0. The number of nitrogens with one attached hydrogen (secondary N) is 1. The molecule has 126 valence electrons. The van der Waals surface area contributed by atoms with Gasteiger partial charge in [0.2, 0.25) is 5.91 Å². The van der Waals surface area contributed by atoms with Crippen LogP contribution in [-0.4, -0.2) is 75.7 Å². The van der Waals surface area contributed by atoms with Crippen LogP contribution in [0.25, 0.3) is 0 Å². The van der Waals surface area contributed by atoms with Gasteiger partial charge in [0.15, 0.2) is 0 Å². The Hall–Kier alpha value is -1.97. The molecule has 22 heavy (non-hydrogen) atoms. The van der Waals surface area contributed by atoms with Crippen LogP contribution in [0.2, 0.25) is 0 Å². The smallest absolute Gasteiger partial charge is 0.330 e. The SMILES string of the molecule is C=CC(=O)OCCOCCOCCNC(=O)COCC(=O)O. The second kappa shape index (κ2) is 14.0. The van der Waals surface area contributed by atoms with Crippen LogP contribution in [0.3, 0.4) is 0 Å². The summed E-state index contributed by atoms with van der Waals surface area (Å²) in [6.07, 6.45) is 1.07. The molecule has 0 spiro atoms. The number of carbonyl (C=O) groups excluding carboxylic acids is 2. The van der Waals surface area contributed by atoms with Crippen molar-refractivity contribution in [1.82, 2.24) is 5.32 Å². The minimum absolute atomic E-state index is 0.150. The molecule has 9 heteroatoms. The molecule has 0 aliphatic heterocycles. The number of carbonyl (C=O) groups is 3. The molecular weight excluding hydrogens is 298 g/mol. The second-order valence-corrected chi connectivity index (χ2v) is 3.83. The molecule has 0 aromatic heterocycles. The highest BCUT2D eigenvalue weighted by Gasteiger charge is 2.02. The summed E-state index contributed by atoms with van der Waals surface area (Å²) in [6, 6.07) is 0. The van der Waals surface area contributed by atoms with Crippen molar-refractivity contribution in [3.8, 4) is 0 Å².